The summed E-state index contributed by atoms with van der Waals surface area (Å²) < 4.78 is 94.5. The molecule has 0 aliphatic carbocycles. The van der Waals surface area contributed by atoms with Gasteiger partial charge in [-0.2, -0.15) is 13.1 Å². The van der Waals surface area contributed by atoms with E-state index in [0.29, 0.717) is 21.5 Å². The molecular weight excluding hydrogens is 891 g/mol. The summed E-state index contributed by atoms with van der Waals surface area (Å²) in [7, 11) is -16.0. The van der Waals surface area contributed by atoms with Gasteiger partial charge in [0.15, 0.2) is 18.7 Å². The van der Waals surface area contributed by atoms with Crippen molar-refractivity contribution in [2.45, 2.75) is 79.8 Å². The van der Waals surface area contributed by atoms with Crippen molar-refractivity contribution < 1.29 is 115 Å². The number of ether oxygens (including phenoxy) is 3. The number of aliphatic hydroxyl groups is 8. The molecule has 2 aromatic heterocycles. The van der Waals surface area contributed by atoms with E-state index < -0.39 is 157 Å². The van der Waals surface area contributed by atoms with Crippen molar-refractivity contribution in [2.75, 3.05) is 19.8 Å². The second-order valence-corrected chi connectivity index (χ2v) is 16.5. The number of phosphoric acid groups is 3. The molecule has 3 saturated heterocycles. The lowest BCUT2D eigenvalue weighted by molar-refractivity contribution is -0.280. The molecule has 0 bridgehead atoms. The molecule has 35 heteroatoms. The van der Waals surface area contributed by atoms with Crippen molar-refractivity contribution in [3.8, 4) is 0 Å². The van der Waals surface area contributed by atoms with Gasteiger partial charge in [0.05, 0.1) is 32.2 Å². The van der Waals surface area contributed by atoms with Crippen LogP contribution in [-0.4, -0.2) is 167 Å². The summed E-state index contributed by atoms with van der Waals surface area (Å²) in [4.78, 5) is 85.4. The first-order valence-electron chi connectivity index (χ1n) is 15.9. The number of aromatic amines is 2. The summed E-state index contributed by atoms with van der Waals surface area (Å²) in [6.07, 6.45) is -22.6. The van der Waals surface area contributed by atoms with Crippen molar-refractivity contribution in [1.29, 1.82) is 0 Å². The maximum absolute atomic E-state index is 13.5. The average molecular weight is 926 g/mol. The summed E-state index contributed by atoms with van der Waals surface area (Å²) in [5.41, 5.74) is -4.96. The van der Waals surface area contributed by atoms with Gasteiger partial charge in [-0.3, -0.25) is 42.3 Å². The Kier molecular flexibility index (Phi) is 15.8. The minimum absolute atomic E-state index is 0.378. The smallest absolute Gasteiger partial charge is 0.394 e. The molecule has 0 aromatic carbocycles. The molecule has 3 aliphatic rings. The molecule has 5 rings (SSSR count). The van der Waals surface area contributed by atoms with Crippen LogP contribution >= 0.6 is 23.5 Å². The van der Waals surface area contributed by atoms with E-state index in [-0.39, 0.29) is 0 Å². The van der Waals surface area contributed by atoms with E-state index in [0.717, 1.165) is 0 Å². The van der Waals surface area contributed by atoms with E-state index in [2.05, 4.69) is 17.9 Å². The highest BCUT2D eigenvalue weighted by atomic mass is 31.3. The molecule has 0 spiro atoms. The van der Waals surface area contributed by atoms with Crippen molar-refractivity contribution in [2.24, 2.45) is 0 Å². The Balaban J connectivity index is 0.000000297. The minimum atomic E-state index is -5.64. The summed E-state index contributed by atoms with van der Waals surface area (Å²) >= 11 is 0. The van der Waals surface area contributed by atoms with Crippen LogP contribution in [0.1, 0.15) is 12.5 Å². The molecule has 3 aliphatic heterocycles. The van der Waals surface area contributed by atoms with Gasteiger partial charge < -0.3 is 74.6 Å². The number of nitrogens with one attached hydrogen (secondary N) is 2. The predicted molar refractivity (Wildman–Crippen MR) is 174 cm³/mol. The van der Waals surface area contributed by atoms with Gasteiger partial charge in [0, 0.05) is 0 Å². The number of hydrogen-bond donors (Lipinski definition) is 14. The zero-order chi connectivity index (χ0) is 44.5. The monoisotopic (exact) mass is 926 g/mol. The van der Waals surface area contributed by atoms with Crippen molar-refractivity contribution in [3.63, 3.8) is 0 Å². The number of aromatic nitrogens is 4. The van der Waals surface area contributed by atoms with E-state index in [9.17, 15) is 87.2 Å². The lowest BCUT2D eigenvalue weighted by Crippen LogP contribution is -2.58. The molecule has 15 atom stereocenters. The first-order valence-corrected chi connectivity index (χ1v) is 20.4. The molecule has 336 valence electrons. The topological polar surface area (TPSA) is 468 Å². The summed E-state index contributed by atoms with van der Waals surface area (Å²) in [6.45, 7) is -2.82. The number of hydrogen-bond acceptors (Lipinski definition) is 22. The van der Waals surface area contributed by atoms with Crippen molar-refractivity contribution in [1.82, 2.24) is 19.1 Å². The predicted octanol–water partition coefficient (Wildman–Crippen LogP) is -7.25. The maximum atomic E-state index is 13.5. The highest BCUT2D eigenvalue weighted by Gasteiger charge is 2.50. The molecular formula is C24H35F2N4O26P3. The van der Waals surface area contributed by atoms with Crippen LogP contribution in [0.5, 0.6) is 0 Å². The molecule has 0 amide bonds. The van der Waals surface area contributed by atoms with E-state index in [1.807, 2.05) is 0 Å². The fraction of sp³-hybridized carbons (Fsp3) is 0.667. The van der Waals surface area contributed by atoms with E-state index >= 15 is 0 Å². The zero-order valence-electron chi connectivity index (χ0n) is 28.9. The van der Waals surface area contributed by atoms with Crippen LogP contribution in [0.3, 0.4) is 0 Å². The van der Waals surface area contributed by atoms with E-state index in [1.165, 1.54) is 0 Å². The maximum Gasteiger partial charge on any atom is 0.483 e. The second kappa shape index (κ2) is 19.0. The third kappa shape index (κ3) is 12.0. The van der Waals surface area contributed by atoms with Crippen LogP contribution in [0.2, 0.25) is 0 Å². The largest absolute Gasteiger partial charge is 0.483 e. The van der Waals surface area contributed by atoms with Gasteiger partial charge in [0.1, 0.15) is 61.0 Å². The van der Waals surface area contributed by atoms with Crippen LogP contribution in [0.15, 0.2) is 31.6 Å². The van der Waals surface area contributed by atoms with Gasteiger partial charge in [-0.05, 0) is 0 Å². The van der Waals surface area contributed by atoms with Crippen LogP contribution in [0.25, 0.3) is 0 Å². The van der Waals surface area contributed by atoms with E-state index in [4.69, 9.17) is 29.1 Å². The quantitative estimate of drug-likeness (QED) is 0.0830. The van der Waals surface area contributed by atoms with Gasteiger partial charge in [-0.15, -0.1) is 0 Å². The van der Waals surface area contributed by atoms with Crippen molar-refractivity contribution in [3.05, 3.63) is 65.7 Å². The summed E-state index contributed by atoms with van der Waals surface area (Å²) in [6, 6.07) is 0. The molecule has 2 aromatic rings. The van der Waals surface area contributed by atoms with E-state index in [1.54, 1.807) is 9.97 Å². The fourth-order valence-corrected chi connectivity index (χ4v) is 7.79. The standard InChI is InChI=1S/C15H23FN2O17P2.C9H12FN2O9P/c16-4-1-18(15(26)17-12(4)25)13-10(23)8(21)6(32-13)3-31-36(27,28)35-37(29,30)34-14-11(24)9(22)7(20)5(2-19)33-14;10-3-1-12(9(16)11-7(3)15)8-6(14)5(13)4(21-8)2-20-22(17,18)19/h1,5-11,13-14,19-24H,2-3H2,(H,27,28)(H,29,30)(H,17,25,26);1,4-6,8,13-14H,2H2,(H,11,15,16)(H2,17,18,19)/t5-,6-,7+,8-,9+,10-,11-,13-,14-;4-,5-,6-,8-/m11/s1. The van der Waals surface area contributed by atoms with Crippen molar-refractivity contribution >= 4 is 23.5 Å². The molecule has 59 heavy (non-hydrogen) atoms. The molecule has 30 nitrogen and oxygen atoms in total. The van der Waals surface area contributed by atoms with Gasteiger partial charge in [0.25, 0.3) is 11.1 Å². The van der Waals surface area contributed by atoms with Crippen LogP contribution < -0.4 is 22.5 Å². The Morgan fingerprint density at radius 3 is 1.46 bits per heavy atom. The second-order valence-electron chi connectivity index (χ2n) is 12.3. The third-order valence-electron chi connectivity index (χ3n) is 8.17. The Bertz CT molecular complexity index is 2180. The number of nitrogens with zero attached hydrogens (tertiary/aromatic N) is 2. The van der Waals surface area contributed by atoms with Gasteiger partial charge in [-0.25, -0.2) is 23.3 Å². The number of halogens is 2. The summed E-state index contributed by atoms with van der Waals surface area (Å²) in [5, 5.41) is 78.0. The van der Waals surface area contributed by atoms with Gasteiger partial charge in [0.2, 0.25) is 11.6 Å². The molecule has 14 N–H and O–H groups in total. The molecule has 5 heterocycles. The molecule has 2 unspecified atom stereocenters. The van der Waals surface area contributed by atoms with Crippen LogP contribution in [0.4, 0.5) is 8.78 Å². The lowest BCUT2D eigenvalue weighted by Gasteiger charge is -2.39. The highest BCUT2D eigenvalue weighted by Crippen LogP contribution is 2.61. The first kappa shape index (κ1) is 48.8. The number of rotatable bonds is 13. The number of aliphatic hydroxyl groups excluding tert-OH is 8. The summed E-state index contributed by atoms with van der Waals surface area (Å²) in [5.74, 6) is -2.75. The lowest BCUT2D eigenvalue weighted by atomic mass is 10.00. The third-order valence-corrected chi connectivity index (χ3v) is 11.3. The number of phosphoric ester groups is 3. The van der Waals surface area contributed by atoms with Gasteiger partial charge in [-0.1, -0.05) is 0 Å². The zero-order valence-corrected chi connectivity index (χ0v) is 31.5. The minimum Gasteiger partial charge on any atom is -0.394 e. The Labute approximate surface area is 323 Å². The Hall–Kier alpha value is -2.85. The highest BCUT2D eigenvalue weighted by molar-refractivity contribution is 7.61. The van der Waals surface area contributed by atoms with Gasteiger partial charge >= 0.3 is 34.8 Å². The SMILES string of the molecule is O=c1[nH]c(=O)n([C@@H]2O[C@H](COP(=O)(O)O)[C@@H](O)[C@H]2O)cc1F.O=c1[nH]c(=O)n([C@@H]2O[C@H](COP(=O)(O)OP(=O)(O)O[C@H]3O[C@H](CO)[C@H](O)[C@H](O)[C@H]3O)[C@@H](O)[C@H]2O)cc1F. The Morgan fingerprint density at radius 1 is 0.610 bits per heavy atom. The normalized spacial score (nSPS) is 34.4. The Morgan fingerprint density at radius 2 is 1.03 bits per heavy atom. The first-order chi connectivity index (χ1) is 27.2. The molecule has 3 fully saturated rings. The van der Waals surface area contributed by atoms with Crippen LogP contribution in [-0.2, 0) is 45.8 Å². The molecule has 0 radical (unpaired) electrons. The average Bonchev–Trinajstić information content (AvgIpc) is 3.58. The molecule has 0 saturated carbocycles. The number of H-pyrrole nitrogens is 2. The van der Waals surface area contributed by atoms with Crippen LogP contribution in [0, 0.1) is 11.6 Å². The fourth-order valence-electron chi connectivity index (χ4n) is 5.29.